The number of nitrogens with one attached hydrogen (secondary N) is 2. The molecule has 2 N–H and O–H groups in total. The van der Waals surface area contributed by atoms with Crippen LogP contribution in [0, 0.1) is 0 Å². The molecular weight excluding hydrogens is 307 g/mol. The second-order valence-corrected chi connectivity index (χ2v) is 5.87. The van der Waals surface area contributed by atoms with Gasteiger partial charge in [-0.3, -0.25) is 0 Å². The van der Waals surface area contributed by atoms with Crippen LogP contribution in [0.2, 0.25) is 10.0 Å². The van der Waals surface area contributed by atoms with Crippen molar-refractivity contribution in [3.63, 3.8) is 0 Å². The van der Waals surface area contributed by atoms with E-state index >= 15 is 0 Å². The Morgan fingerprint density at radius 1 is 1.14 bits per heavy atom. The molecule has 110 valence electrons. The van der Waals surface area contributed by atoms with Crippen molar-refractivity contribution in [2.24, 2.45) is 0 Å². The average Bonchev–Trinajstić information content (AvgIpc) is 3.28. The zero-order chi connectivity index (χ0) is 14.8. The van der Waals surface area contributed by atoms with Crippen LogP contribution in [0.5, 0.6) is 0 Å². The van der Waals surface area contributed by atoms with Crippen molar-refractivity contribution in [3.05, 3.63) is 40.0 Å². The highest BCUT2D eigenvalue weighted by Gasteiger charge is 2.26. The second kappa shape index (κ2) is 6.08. The second-order valence-electron chi connectivity index (χ2n) is 5.06. The van der Waals surface area contributed by atoms with Crippen LogP contribution in [0.3, 0.4) is 0 Å². The van der Waals surface area contributed by atoms with E-state index in [2.05, 4.69) is 20.6 Å². The van der Waals surface area contributed by atoms with Gasteiger partial charge in [0, 0.05) is 24.2 Å². The Morgan fingerprint density at radius 3 is 2.62 bits per heavy atom. The lowest BCUT2D eigenvalue weighted by atomic mass is 10.2. The van der Waals surface area contributed by atoms with Crippen LogP contribution in [0.4, 0.5) is 17.5 Å². The van der Waals surface area contributed by atoms with Crippen molar-refractivity contribution in [2.75, 3.05) is 17.2 Å². The molecule has 1 aliphatic carbocycles. The summed E-state index contributed by atoms with van der Waals surface area (Å²) < 4.78 is 0. The third-order valence-electron chi connectivity index (χ3n) is 3.27. The van der Waals surface area contributed by atoms with Crippen molar-refractivity contribution in [1.82, 2.24) is 9.97 Å². The Balaban J connectivity index is 1.87. The van der Waals surface area contributed by atoms with Gasteiger partial charge < -0.3 is 10.6 Å². The third-order valence-corrected chi connectivity index (χ3v) is 4.01. The first-order valence-electron chi connectivity index (χ1n) is 7.00. The average molecular weight is 323 g/mol. The molecule has 1 aromatic heterocycles. The van der Waals surface area contributed by atoms with E-state index < -0.39 is 0 Å². The molecule has 3 rings (SSSR count). The molecule has 0 spiro atoms. The maximum absolute atomic E-state index is 6.04. The number of anilines is 3. The van der Waals surface area contributed by atoms with Gasteiger partial charge in [0.05, 0.1) is 15.7 Å². The summed E-state index contributed by atoms with van der Waals surface area (Å²) in [5.41, 5.74) is 1.94. The molecule has 6 heteroatoms. The Hall–Kier alpha value is -1.52. The van der Waals surface area contributed by atoms with Gasteiger partial charge in [0.1, 0.15) is 5.82 Å². The van der Waals surface area contributed by atoms with Crippen LogP contribution in [-0.2, 0) is 0 Å². The van der Waals surface area contributed by atoms with Crippen molar-refractivity contribution < 1.29 is 0 Å². The summed E-state index contributed by atoms with van der Waals surface area (Å²) in [7, 11) is 0. The van der Waals surface area contributed by atoms with E-state index in [0.29, 0.717) is 21.9 Å². The zero-order valence-electron chi connectivity index (χ0n) is 11.7. The van der Waals surface area contributed by atoms with Crippen LogP contribution in [0.15, 0.2) is 24.3 Å². The van der Waals surface area contributed by atoms with E-state index in [9.17, 15) is 0 Å². The number of hydrogen-bond acceptors (Lipinski definition) is 4. The summed E-state index contributed by atoms with van der Waals surface area (Å²) in [4.78, 5) is 9.02. The van der Waals surface area contributed by atoms with Crippen molar-refractivity contribution >= 4 is 40.7 Å². The highest BCUT2D eigenvalue weighted by molar-refractivity contribution is 6.42. The molecule has 1 aliphatic rings. The van der Waals surface area contributed by atoms with E-state index in [-0.39, 0.29) is 0 Å². The molecule has 0 bridgehead atoms. The molecule has 0 unspecified atom stereocenters. The molecular formula is C15H16Cl2N4. The number of hydrogen-bond donors (Lipinski definition) is 2. The van der Waals surface area contributed by atoms with Crippen LogP contribution in [0.1, 0.15) is 31.4 Å². The van der Waals surface area contributed by atoms with Crippen molar-refractivity contribution in [3.8, 4) is 0 Å². The highest BCUT2D eigenvalue weighted by Crippen LogP contribution is 2.40. The van der Waals surface area contributed by atoms with Gasteiger partial charge in [-0.1, -0.05) is 23.2 Å². The predicted molar refractivity (Wildman–Crippen MR) is 87.9 cm³/mol. The fourth-order valence-corrected chi connectivity index (χ4v) is 2.38. The SMILES string of the molecule is CCNc1nc(Nc2ccc(Cl)c(Cl)c2)cc(C2CC2)n1. The van der Waals surface area contributed by atoms with E-state index in [0.717, 1.165) is 23.7 Å². The fourth-order valence-electron chi connectivity index (χ4n) is 2.08. The smallest absolute Gasteiger partial charge is 0.224 e. The van der Waals surface area contributed by atoms with Gasteiger partial charge in [0.2, 0.25) is 5.95 Å². The Labute approximate surface area is 133 Å². The molecule has 1 heterocycles. The lowest BCUT2D eigenvalue weighted by molar-refractivity contribution is 0.978. The first-order chi connectivity index (χ1) is 10.2. The molecule has 0 radical (unpaired) electrons. The first kappa shape index (κ1) is 14.4. The van der Waals surface area contributed by atoms with Crippen molar-refractivity contribution in [2.45, 2.75) is 25.7 Å². The minimum atomic E-state index is 0.519. The highest BCUT2D eigenvalue weighted by atomic mass is 35.5. The summed E-state index contributed by atoms with van der Waals surface area (Å²) in [5, 5.41) is 7.48. The Bertz CT molecular complexity index is 656. The molecule has 1 saturated carbocycles. The summed E-state index contributed by atoms with van der Waals surface area (Å²) in [6.07, 6.45) is 2.41. The van der Waals surface area contributed by atoms with Crippen molar-refractivity contribution in [1.29, 1.82) is 0 Å². The minimum absolute atomic E-state index is 0.519. The molecule has 21 heavy (non-hydrogen) atoms. The topological polar surface area (TPSA) is 49.8 Å². The van der Waals surface area contributed by atoms with E-state index in [1.54, 1.807) is 12.1 Å². The van der Waals surface area contributed by atoms with E-state index in [1.807, 2.05) is 19.1 Å². The number of aromatic nitrogens is 2. The largest absolute Gasteiger partial charge is 0.354 e. The van der Waals surface area contributed by atoms with Crippen LogP contribution in [0.25, 0.3) is 0 Å². The lowest BCUT2D eigenvalue weighted by Gasteiger charge is -2.11. The predicted octanol–water partition coefficient (Wildman–Crippen LogP) is 4.84. The molecule has 1 aromatic carbocycles. The summed E-state index contributed by atoms with van der Waals surface area (Å²) in [6, 6.07) is 7.43. The minimum Gasteiger partial charge on any atom is -0.354 e. The molecule has 4 nitrogen and oxygen atoms in total. The third kappa shape index (κ3) is 3.57. The lowest BCUT2D eigenvalue weighted by Crippen LogP contribution is -2.06. The van der Waals surface area contributed by atoms with Gasteiger partial charge in [0.15, 0.2) is 0 Å². The number of rotatable bonds is 5. The molecule has 0 aliphatic heterocycles. The first-order valence-corrected chi connectivity index (χ1v) is 7.76. The number of benzene rings is 1. The van der Waals surface area contributed by atoms with Gasteiger partial charge in [-0.2, -0.15) is 4.98 Å². The van der Waals surface area contributed by atoms with Gasteiger partial charge in [0.25, 0.3) is 0 Å². The quantitative estimate of drug-likeness (QED) is 0.827. The Morgan fingerprint density at radius 2 is 1.95 bits per heavy atom. The molecule has 1 fully saturated rings. The van der Waals surface area contributed by atoms with Crippen LogP contribution in [-0.4, -0.2) is 16.5 Å². The van der Waals surface area contributed by atoms with Gasteiger partial charge in [-0.25, -0.2) is 4.98 Å². The van der Waals surface area contributed by atoms with E-state index in [4.69, 9.17) is 23.2 Å². The van der Waals surface area contributed by atoms with E-state index in [1.165, 1.54) is 12.8 Å². The molecule has 0 amide bonds. The van der Waals surface area contributed by atoms with Gasteiger partial charge in [-0.15, -0.1) is 0 Å². The van der Waals surface area contributed by atoms with Crippen LogP contribution >= 0.6 is 23.2 Å². The normalized spacial score (nSPS) is 14.0. The number of halogens is 2. The van der Waals surface area contributed by atoms with Gasteiger partial charge in [-0.05, 0) is 38.0 Å². The molecule has 0 atom stereocenters. The van der Waals surface area contributed by atoms with Gasteiger partial charge >= 0.3 is 0 Å². The maximum atomic E-state index is 6.04. The standard InChI is InChI=1S/C15H16Cl2N4/c1-2-18-15-20-13(9-3-4-9)8-14(21-15)19-10-5-6-11(16)12(17)7-10/h5-9H,2-4H2,1H3,(H2,18,19,20,21). The zero-order valence-corrected chi connectivity index (χ0v) is 13.2. The molecule has 2 aromatic rings. The Kier molecular flexibility index (Phi) is 4.17. The monoisotopic (exact) mass is 322 g/mol. The van der Waals surface area contributed by atoms with Crippen LogP contribution < -0.4 is 10.6 Å². The summed E-state index contributed by atoms with van der Waals surface area (Å²) in [6.45, 7) is 2.82. The fraction of sp³-hybridized carbons (Fsp3) is 0.333. The summed E-state index contributed by atoms with van der Waals surface area (Å²) >= 11 is 12.0. The molecule has 0 saturated heterocycles. The maximum Gasteiger partial charge on any atom is 0.224 e. The summed E-state index contributed by atoms with van der Waals surface area (Å²) in [5.74, 6) is 1.99. The number of nitrogens with zero attached hydrogens (tertiary/aromatic N) is 2.